The van der Waals surface area contributed by atoms with Crippen LogP contribution in [0, 0.1) is 0 Å². The Morgan fingerprint density at radius 2 is 1.57 bits per heavy atom. The van der Waals surface area contributed by atoms with Crippen molar-refractivity contribution in [3.63, 3.8) is 0 Å². The lowest BCUT2D eigenvalue weighted by atomic mass is 10.1. The first-order valence-corrected chi connectivity index (χ1v) is 6.13. The number of aldehydes is 1. The molecule has 0 N–H and O–H groups in total. The maximum absolute atomic E-state index is 11.1. The van der Waals surface area contributed by atoms with Crippen LogP contribution in [0.25, 0.3) is 10.8 Å². The van der Waals surface area contributed by atoms with Crippen molar-refractivity contribution in [1.82, 2.24) is 0 Å². The second-order valence-electron chi connectivity index (χ2n) is 3.87. The number of esters is 1. The fraction of sp³-hybridized carbons (Fsp3) is 0.0588. The highest BCUT2D eigenvalue weighted by Gasteiger charge is 2.02. The van der Waals surface area contributed by atoms with E-state index in [1.165, 1.54) is 6.08 Å². The zero-order valence-electron chi connectivity index (χ0n) is 11.7. The molecule has 0 heterocycles. The summed E-state index contributed by atoms with van der Waals surface area (Å²) in [5.74, 6) is 0.846. The molecule has 0 fully saturated rings. The van der Waals surface area contributed by atoms with Gasteiger partial charge in [0.1, 0.15) is 17.8 Å². The highest BCUT2D eigenvalue weighted by atomic mass is 16.5. The Bertz CT molecular complexity index is 653. The highest BCUT2D eigenvalue weighted by molar-refractivity contribution is 5.87. The normalized spacial score (nSPS) is 9.00. The quantitative estimate of drug-likeness (QED) is 0.374. The third kappa shape index (κ3) is 4.95. The van der Waals surface area contributed by atoms with Gasteiger partial charge in [-0.05, 0) is 41.1 Å². The third-order valence-electron chi connectivity index (χ3n) is 2.50. The predicted molar refractivity (Wildman–Crippen MR) is 82.6 cm³/mol. The molecule has 4 heteroatoms. The summed E-state index contributed by atoms with van der Waals surface area (Å²) < 4.78 is 10.2. The Morgan fingerprint density at radius 1 is 1.05 bits per heavy atom. The molecule has 0 saturated carbocycles. The molecule has 0 aliphatic rings. The number of methoxy groups -OCH3 is 1. The van der Waals surface area contributed by atoms with E-state index in [4.69, 9.17) is 14.3 Å². The second kappa shape index (κ2) is 8.32. The van der Waals surface area contributed by atoms with Crippen LogP contribution in [0.15, 0.2) is 61.7 Å². The molecule has 21 heavy (non-hydrogen) atoms. The van der Waals surface area contributed by atoms with E-state index in [2.05, 4.69) is 13.2 Å². The first-order chi connectivity index (χ1) is 10.1. The van der Waals surface area contributed by atoms with E-state index >= 15 is 0 Å². The van der Waals surface area contributed by atoms with E-state index in [0.29, 0.717) is 12.0 Å². The van der Waals surface area contributed by atoms with Gasteiger partial charge in [0.05, 0.1) is 7.11 Å². The van der Waals surface area contributed by atoms with E-state index in [1.807, 2.05) is 24.3 Å². The zero-order valence-corrected chi connectivity index (χ0v) is 11.7. The monoisotopic (exact) mass is 284 g/mol. The summed E-state index contributed by atoms with van der Waals surface area (Å²) in [5, 5.41) is 2.02. The number of hydrogen-bond acceptors (Lipinski definition) is 4. The Labute approximate surface area is 123 Å². The van der Waals surface area contributed by atoms with Gasteiger partial charge in [-0.1, -0.05) is 25.3 Å². The summed E-state index contributed by atoms with van der Waals surface area (Å²) in [6, 6.07) is 11.1. The first kappa shape index (κ1) is 16.2. The summed E-state index contributed by atoms with van der Waals surface area (Å²) in [6.45, 7) is 6.46. The minimum Gasteiger partial charge on any atom is -0.497 e. The standard InChI is InChI=1S/C14H12O3.C3H4O/c1-3-14(15)17-13-7-5-10-8-12(16-2)6-4-11(10)9-13;1-2-3-4/h3-9H,1H2,2H3;2-3H,1H2. The molecule has 0 amide bonds. The lowest BCUT2D eigenvalue weighted by Crippen LogP contribution is -2.02. The van der Waals surface area contributed by atoms with Crippen molar-refractivity contribution in [2.45, 2.75) is 0 Å². The van der Waals surface area contributed by atoms with Crippen molar-refractivity contribution in [1.29, 1.82) is 0 Å². The van der Waals surface area contributed by atoms with Crippen molar-refractivity contribution < 1.29 is 19.1 Å². The summed E-state index contributed by atoms with van der Waals surface area (Å²) in [7, 11) is 1.63. The molecule has 0 radical (unpaired) electrons. The molecular formula is C17H16O4. The van der Waals surface area contributed by atoms with Crippen LogP contribution in [0.4, 0.5) is 0 Å². The SMILES string of the molecule is C=CC(=O)Oc1ccc2cc(OC)ccc2c1.C=CC=O. The van der Waals surface area contributed by atoms with Crippen LogP contribution in [0.3, 0.4) is 0 Å². The summed E-state index contributed by atoms with van der Waals surface area (Å²) in [4.78, 5) is 20.1. The topological polar surface area (TPSA) is 52.6 Å². The van der Waals surface area contributed by atoms with Crippen molar-refractivity contribution in [2.24, 2.45) is 0 Å². The van der Waals surface area contributed by atoms with Crippen molar-refractivity contribution in [3.05, 3.63) is 61.7 Å². The van der Waals surface area contributed by atoms with Crippen molar-refractivity contribution >= 4 is 23.0 Å². The van der Waals surface area contributed by atoms with E-state index < -0.39 is 5.97 Å². The molecule has 0 atom stereocenters. The molecule has 108 valence electrons. The fourth-order valence-electron chi connectivity index (χ4n) is 1.55. The minimum absolute atomic E-state index is 0.460. The third-order valence-corrected chi connectivity index (χ3v) is 2.50. The van der Waals surface area contributed by atoms with Gasteiger partial charge >= 0.3 is 5.97 Å². The number of carbonyl (C=O) groups excluding carboxylic acids is 2. The predicted octanol–water partition coefficient (Wildman–Crippen LogP) is 3.31. The molecule has 0 aliphatic heterocycles. The van der Waals surface area contributed by atoms with Crippen molar-refractivity contribution in [2.75, 3.05) is 7.11 Å². The molecule has 0 spiro atoms. The van der Waals surface area contributed by atoms with Crippen LogP contribution in [-0.4, -0.2) is 19.4 Å². The van der Waals surface area contributed by atoms with Crippen LogP contribution in [0.2, 0.25) is 0 Å². The highest BCUT2D eigenvalue weighted by Crippen LogP contribution is 2.24. The Morgan fingerprint density at radius 3 is 2.05 bits per heavy atom. The van der Waals surface area contributed by atoms with E-state index in [-0.39, 0.29) is 0 Å². The number of rotatable bonds is 4. The van der Waals surface area contributed by atoms with E-state index in [1.54, 1.807) is 19.2 Å². The lowest BCUT2D eigenvalue weighted by Gasteiger charge is -2.05. The van der Waals surface area contributed by atoms with Gasteiger partial charge in [-0.2, -0.15) is 0 Å². The largest absolute Gasteiger partial charge is 0.497 e. The Hall–Kier alpha value is -2.88. The van der Waals surface area contributed by atoms with Gasteiger partial charge in [-0.3, -0.25) is 4.79 Å². The average Bonchev–Trinajstić information content (AvgIpc) is 2.54. The number of fused-ring (bicyclic) bond motifs is 1. The molecule has 4 nitrogen and oxygen atoms in total. The smallest absolute Gasteiger partial charge is 0.335 e. The average molecular weight is 284 g/mol. The second-order valence-corrected chi connectivity index (χ2v) is 3.87. The number of benzene rings is 2. The number of carbonyl (C=O) groups is 2. The van der Waals surface area contributed by atoms with Gasteiger partial charge in [0.2, 0.25) is 0 Å². The van der Waals surface area contributed by atoms with E-state index in [9.17, 15) is 4.79 Å². The maximum atomic E-state index is 11.1. The first-order valence-electron chi connectivity index (χ1n) is 6.13. The Balaban J connectivity index is 0.000000491. The van der Waals surface area contributed by atoms with E-state index in [0.717, 1.165) is 22.6 Å². The van der Waals surface area contributed by atoms with Crippen LogP contribution in [0.1, 0.15) is 0 Å². The van der Waals surface area contributed by atoms with Crippen molar-refractivity contribution in [3.8, 4) is 11.5 Å². The van der Waals surface area contributed by atoms with Crippen LogP contribution >= 0.6 is 0 Å². The fourth-order valence-corrected chi connectivity index (χ4v) is 1.55. The lowest BCUT2D eigenvalue weighted by molar-refractivity contribution is -0.128. The summed E-state index contributed by atoms with van der Waals surface area (Å²) in [5.41, 5.74) is 0. The van der Waals surface area contributed by atoms with Gasteiger partial charge in [0.25, 0.3) is 0 Å². The number of hydrogen-bond donors (Lipinski definition) is 0. The summed E-state index contributed by atoms with van der Waals surface area (Å²) in [6.07, 6.45) is 2.97. The van der Waals surface area contributed by atoms with Crippen LogP contribution in [-0.2, 0) is 9.59 Å². The van der Waals surface area contributed by atoms with Gasteiger partial charge in [0, 0.05) is 6.08 Å². The molecule has 0 bridgehead atoms. The molecule has 2 rings (SSSR count). The molecule has 0 aliphatic carbocycles. The van der Waals surface area contributed by atoms with Crippen LogP contribution in [0.5, 0.6) is 11.5 Å². The molecule has 0 saturated heterocycles. The van der Waals surface area contributed by atoms with Crippen LogP contribution < -0.4 is 9.47 Å². The van der Waals surface area contributed by atoms with Gasteiger partial charge in [-0.15, -0.1) is 0 Å². The zero-order chi connectivity index (χ0) is 15.7. The Kier molecular flexibility index (Phi) is 6.41. The molecule has 2 aromatic carbocycles. The molecular weight excluding hydrogens is 268 g/mol. The number of ether oxygens (including phenoxy) is 2. The van der Waals surface area contributed by atoms with Gasteiger partial charge < -0.3 is 9.47 Å². The van der Waals surface area contributed by atoms with Gasteiger partial charge in [-0.25, -0.2) is 4.79 Å². The number of allylic oxidation sites excluding steroid dienone is 1. The molecule has 0 aromatic heterocycles. The van der Waals surface area contributed by atoms with Gasteiger partial charge in [0.15, 0.2) is 0 Å². The minimum atomic E-state index is -0.460. The summed E-state index contributed by atoms with van der Waals surface area (Å²) >= 11 is 0. The maximum Gasteiger partial charge on any atom is 0.335 e. The molecule has 2 aromatic rings. The molecule has 0 unspecified atom stereocenters.